The minimum Gasteiger partial charge on any atom is -0.508 e. The first kappa shape index (κ1) is 17.7. The molecule has 0 spiro atoms. The number of aliphatic hydroxyl groups is 1. The molecule has 0 radical (unpaired) electrons. The van der Waals surface area contributed by atoms with Crippen LogP contribution in [0.25, 0.3) is 0 Å². The normalized spacial score (nSPS) is 25.8. The minimum atomic E-state index is -4.75. The van der Waals surface area contributed by atoms with Crippen LogP contribution in [-0.2, 0) is 0 Å². The number of benzene rings is 1. The number of rotatable bonds is 1. The highest BCUT2D eigenvalue weighted by Gasteiger charge is 2.61. The van der Waals surface area contributed by atoms with Crippen LogP contribution in [0.15, 0.2) is 51.7 Å². The number of piperidine rings is 1. The average molecular weight is 380 g/mol. The van der Waals surface area contributed by atoms with Crippen molar-refractivity contribution in [1.29, 1.82) is 0 Å². The third-order valence-electron chi connectivity index (χ3n) is 4.78. The molecular weight excluding hydrogens is 363 g/mol. The number of quaternary nitrogens is 1. The lowest BCUT2D eigenvalue weighted by atomic mass is 10.1. The van der Waals surface area contributed by atoms with Crippen LogP contribution < -0.4 is 4.59 Å². The largest absolute Gasteiger partial charge is 0.508 e. The molecule has 3 heterocycles. The van der Waals surface area contributed by atoms with E-state index in [9.17, 15) is 23.4 Å². The van der Waals surface area contributed by atoms with Gasteiger partial charge in [0, 0.05) is 31.3 Å². The van der Waals surface area contributed by atoms with Gasteiger partial charge in [0.1, 0.15) is 5.75 Å². The van der Waals surface area contributed by atoms with Crippen molar-refractivity contribution in [3.63, 3.8) is 0 Å². The molecule has 10 heteroatoms. The summed E-state index contributed by atoms with van der Waals surface area (Å²) in [5.41, 5.74) is 0.166. The smallest absolute Gasteiger partial charge is 0.492 e. The first-order valence-corrected chi connectivity index (χ1v) is 8.45. The average Bonchev–Trinajstić information content (AvgIpc) is 3.03. The molecule has 0 saturated carbocycles. The third kappa shape index (κ3) is 2.90. The number of fused-ring (bicyclic) bond motifs is 1. The van der Waals surface area contributed by atoms with E-state index in [0.29, 0.717) is 31.8 Å². The van der Waals surface area contributed by atoms with Gasteiger partial charge in [-0.05, 0) is 36.2 Å². The summed E-state index contributed by atoms with van der Waals surface area (Å²) in [6.45, 7) is 0.982. The van der Waals surface area contributed by atoms with E-state index in [-0.39, 0.29) is 17.3 Å². The number of aromatic hydroxyl groups is 1. The van der Waals surface area contributed by atoms with Gasteiger partial charge in [0.05, 0.1) is 6.10 Å². The first-order chi connectivity index (χ1) is 12.8. The molecule has 1 atom stereocenters. The molecule has 3 aliphatic rings. The summed E-state index contributed by atoms with van der Waals surface area (Å²) in [6, 6.07) is 5.35. The van der Waals surface area contributed by atoms with Gasteiger partial charge in [-0.15, -0.1) is 0 Å². The fourth-order valence-electron chi connectivity index (χ4n) is 3.40. The van der Waals surface area contributed by atoms with E-state index in [1.54, 1.807) is 6.08 Å². The SMILES string of the molecule is Oc1ccc([N+]23N=C(N4CCC(O)CC4)C=CC2=NN=C3C(F)(F)F)cc1. The maximum absolute atomic E-state index is 13.8. The summed E-state index contributed by atoms with van der Waals surface area (Å²) in [5, 5.41) is 30.7. The molecular formula is C17H17F3N5O2+. The number of phenolic OH excluding ortho intramolecular Hbond substituents is 1. The van der Waals surface area contributed by atoms with Crippen LogP contribution in [0, 0.1) is 0 Å². The Bertz CT molecular complexity index is 868. The standard InChI is InChI=1S/C17H16F3N5O2/c18-17(19,20)16-22-21-15-6-5-14(24-9-7-13(27)8-10-24)23-25(15,16)11-1-3-12(26)4-2-11/h1-6,13,27H,7-10H2/p+1. The number of hydrogen-bond donors (Lipinski definition) is 2. The Morgan fingerprint density at radius 2 is 1.70 bits per heavy atom. The summed E-state index contributed by atoms with van der Waals surface area (Å²) in [4.78, 5) is 1.84. The molecule has 0 aromatic heterocycles. The van der Waals surface area contributed by atoms with Crippen LogP contribution in [0.2, 0.25) is 0 Å². The third-order valence-corrected chi connectivity index (χ3v) is 4.78. The van der Waals surface area contributed by atoms with Gasteiger partial charge >= 0.3 is 12.0 Å². The molecule has 1 fully saturated rings. The zero-order valence-corrected chi connectivity index (χ0v) is 14.1. The zero-order chi connectivity index (χ0) is 19.2. The molecule has 1 unspecified atom stereocenters. The summed E-state index contributed by atoms with van der Waals surface area (Å²) >= 11 is 0. The van der Waals surface area contributed by atoms with Crippen molar-refractivity contribution in [3.05, 3.63) is 36.4 Å². The Kier molecular flexibility index (Phi) is 4.04. The van der Waals surface area contributed by atoms with Crippen molar-refractivity contribution in [2.75, 3.05) is 13.1 Å². The first-order valence-electron chi connectivity index (χ1n) is 8.45. The molecule has 1 aromatic carbocycles. The Morgan fingerprint density at radius 1 is 1.04 bits per heavy atom. The molecule has 142 valence electrons. The molecule has 4 rings (SSSR count). The van der Waals surface area contributed by atoms with Crippen molar-refractivity contribution in [2.24, 2.45) is 15.3 Å². The van der Waals surface area contributed by atoms with Crippen molar-refractivity contribution >= 4 is 23.2 Å². The van der Waals surface area contributed by atoms with Gasteiger partial charge in [-0.1, -0.05) is 14.8 Å². The lowest BCUT2D eigenvalue weighted by Gasteiger charge is -2.35. The molecule has 1 saturated heterocycles. The zero-order valence-electron chi connectivity index (χ0n) is 14.1. The van der Waals surface area contributed by atoms with E-state index in [4.69, 9.17) is 0 Å². The number of aliphatic hydroxyl groups excluding tert-OH is 1. The lowest BCUT2D eigenvalue weighted by Crippen LogP contribution is -2.59. The van der Waals surface area contributed by atoms with E-state index in [0.717, 1.165) is 0 Å². The highest BCUT2D eigenvalue weighted by Crippen LogP contribution is 2.39. The number of nitrogens with zero attached hydrogens (tertiary/aromatic N) is 5. The monoisotopic (exact) mass is 380 g/mol. The van der Waals surface area contributed by atoms with Gasteiger partial charge < -0.3 is 15.1 Å². The Labute approximate surface area is 152 Å². The Balaban J connectivity index is 1.83. The van der Waals surface area contributed by atoms with Gasteiger partial charge in [-0.3, -0.25) is 0 Å². The predicted molar refractivity (Wildman–Crippen MR) is 94.2 cm³/mol. The van der Waals surface area contributed by atoms with Crippen LogP contribution >= 0.6 is 0 Å². The number of likely N-dealkylation sites (tertiary alicyclic amines) is 1. The number of phenols is 1. The van der Waals surface area contributed by atoms with Crippen molar-refractivity contribution < 1.29 is 23.4 Å². The molecule has 7 nitrogen and oxygen atoms in total. The van der Waals surface area contributed by atoms with Crippen LogP contribution in [0.5, 0.6) is 5.75 Å². The topological polar surface area (TPSA) is 80.8 Å². The number of hydrogen-bond acceptors (Lipinski definition) is 6. The molecule has 0 aliphatic carbocycles. The highest BCUT2D eigenvalue weighted by atomic mass is 19.4. The van der Waals surface area contributed by atoms with E-state index in [1.807, 2.05) is 4.90 Å². The van der Waals surface area contributed by atoms with Crippen molar-refractivity contribution in [2.45, 2.75) is 25.1 Å². The summed E-state index contributed by atoms with van der Waals surface area (Å²) in [7, 11) is 0. The summed E-state index contributed by atoms with van der Waals surface area (Å²) in [6.07, 6.45) is -1.03. The Morgan fingerprint density at radius 3 is 2.33 bits per heavy atom. The van der Waals surface area contributed by atoms with Gasteiger partial charge in [0.25, 0.3) is 5.84 Å². The number of alkyl halides is 3. The molecule has 27 heavy (non-hydrogen) atoms. The van der Waals surface area contributed by atoms with Gasteiger partial charge in [-0.2, -0.15) is 13.2 Å². The van der Waals surface area contributed by atoms with Gasteiger partial charge in [-0.25, -0.2) is 0 Å². The van der Waals surface area contributed by atoms with E-state index in [2.05, 4.69) is 15.3 Å². The summed E-state index contributed by atoms with van der Waals surface area (Å²) < 4.78 is 40.2. The molecule has 0 bridgehead atoms. The molecule has 3 aliphatic heterocycles. The molecule has 0 amide bonds. The summed E-state index contributed by atoms with van der Waals surface area (Å²) in [5.74, 6) is -0.842. The minimum absolute atomic E-state index is 0.0220. The van der Waals surface area contributed by atoms with Crippen LogP contribution in [0.3, 0.4) is 0 Å². The van der Waals surface area contributed by atoms with E-state index >= 15 is 0 Å². The van der Waals surface area contributed by atoms with E-state index < -0.39 is 22.7 Å². The second-order valence-corrected chi connectivity index (χ2v) is 6.54. The van der Waals surface area contributed by atoms with Gasteiger partial charge in [0.15, 0.2) is 11.5 Å². The van der Waals surface area contributed by atoms with Crippen LogP contribution in [-0.4, -0.2) is 58.0 Å². The maximum Gasteiger partial charge on any atom is 0.492 e. The van der Waals surface area contributed by atoms with Crippen LogP contribution in [0.1, 0.15) is 12.8 Å². The predicted octanol–water partition coefficient (Wildman–Crippen LogP) is 2.33. The molecule has 2 N–H and O–H groups in total. The van der Waals surface area contributed by atoms with Crippen molar-refractivity contribution in [1.82, 2.24) is 9.49 Å². The fraction of sp³-hybridized carbons (Fsp3) is 0.353. The second-order valence-electron chi connectivity index (χ2n) is 6.54. The Hall–Kier alpha value is -2.72. The lowest BCUT2D eigenvalue weighted by molar-refractivity contribution is -0.0653. The van der Waals surface area contributed by atoms with Crippen molar-refractivity contribution in [3.8, 4) is 5.75 Å². The fourth-order valence-corrected chi connectivity index (χ4v) is 3.40. The maximum atomic E-state index is 13.8. The highest BCUT2D eigenvalue weighted by molar-refractivity contribution is 6.24. The molecule has 1 aromatic rings. The number of amidine groups is 3. The van der Waals surface area contributed by atoms with Crippen LogP contribution in [0.4, 0.5) is 18.9 Å². The number of halogens is 3. The van der Waals surface area contributed by atoms with Gasteiger partial charge in [0.2, 0.25) is 0 Å². The van der Waals surface area contributed by atoms with E-state index in [1.165, 1.54) is 30.3 Å². The second kappa shape index (κ2) is 6.17. The quantitative estimate of drug-likeness (QED) is 0.734.